The Morgan fingerprint density at radius 2 is 1.81 bits per heavy atom. The number of halogens is 2. The molecular formula is C34H42ClFN6O5S. The second kappa shape index (κ2) is 14.6. The van der Waals surface area contributed by atoms with Gasteiger partial charge in [0.15, 0.2) is 0 Å². The van der Waals surface area contributed by atoms with Gasteiger partial charge in [-0.2, -0.15) is 9.40 Å². The second-order valence-corrected chi connectivity index (χ2v) is 15.4. The Labute approximate surface area is 285 Å². The summed E-state index contributed by atoms with van der Waals surface area (Å²) in [6.07, 6.45) is 5.41. The number of piperidine rings is 2. The van der Waals surface area contributed by atoms with Crippen LogP contribution in [-0.4, -0.2) is 100 Å². The van der Waals surface area contributed by atoms with Crippen molar-refractivity contribution in [2.24, 2.45) is 0 Å². The number of aromatic nitrogens is 2. The molecule has 3 aliphatic heterocycles. The third kappa shape index (κ3) is 7.92. The molecule has 2 amide bonds. The van der Waals surface area contributed by atoms with Gasteiger partial charge in [0.25, 0.3) is 5.91 Å². The molecule has 1 aromatic heterocycles. The maximum Gasteiger partial charge on any atom is 0.251 e. The molecule has 2 aromatic carbocycles. The van der Waals surface area contributed by atoms with Crippen LogP contribution in [0.25, 0.3) is 11.3 Å². The molecule has 0 radical (unpaired) electrons. The Balaban J connectivity index is 1.17. The molecule has 14 heteroatoms. The summed E-state index contributed by atoms with van der Waals surface area (Å²) in [5.41, 5.74) is 3.91. The highest BCUT2D eigenvalue weighted by Gasteiger charge is 2.32. The highest BCUT2D eigenvalue weighted by Crippen LogP contribution is 2.33. The second-order valence-electron chi connectivity index (χ2n) is 13.0. The number of hydrogen-bond acceptors (Lipinski definition) is 7. The van der Waals surface area contributed by atoms with Crippen molar-refractivity contribution in [3.8, 4) is 11.3 Å². The summed E-state index contributed by atoms with van der Waals surface area (Å²) >= 11 is 6.52. The zero-order valence-corrected chi connectivity index (χ0v) is 28.6. The van der Waals surface area contributed by atoms with Crippen LogP contribution in [0.4, 0.5) is 4.39 Å². The van der Waals surface area contributed by atoms with Crippen LogP contribution >= 0.6 is 11.6 Å². The number of aliphatic hydroxyl groups is 1. The predicted octanol–water partition coefficient (Wildman–Crippen LogP) is 3.43. The number of fused-ring (bicyclic) bond motifs is 1. The summed E-state index contributed by atoms with van der Waals surface area (Å²) in [6, 6.07) is 10.9. The third-order valence-corrected chi connectivity index (χ3v) is 11.3. The molecule has 6 rings (SSSR count). The number of likely N-dealkylation sites (tertiary alicyclic amines) is 2. The number of hydrogen-bond donors (Lipinski definition) is 2. The smallest absolute Gasteiger partial charge is 0.251 e. The summed E-state index contributed by atoms with van der Waals surface area (Å²) in [5, 5.41) is 19.4. The molecule has 1 unspecified atom stereocenters. The van der Waals surface area contributed by atoms with Crippen molar-refractivity contribution in [3.05, 3.63) is 75.7 Å². The molecule has 3 aliphatic rings. The molecule has 0 spiro atoms. The highest BCUT2D eigenvalue weighted by molar-refractivity contribution is 7.88. The number of benzene rings is 2. The number of carbonyl (C=O) groups is 2. The van der Waals surface area contributed by atoms with Crippen LogP contribution in [0, 0.1) is 5.82 Å². The zero-order chi connectivity index (χ0) is 34.0. The molecule has 2 saturated heterocycles. The number of nitrogens with zero attached hydrogens (tertiary/aromatic N) is 5. The van der Waals surface area contributed by atoms with E-state index < -0.39 is 21.9 Å². The van der Waals surface area contributed by atoms with E-state index in [1.807, 2.05) is 12.1 Å². The van der Waals surface area contributed by atoms with Gasteiger partial charge in [0.1, 0.15) is 5.82 Å². The highest BCUT2D eigenvalue weighted by atomic mass is 35.5. The number of carbonyl (C=O) groups excluding carboxylic acids is 2. The normalized spacial score (nSPS) is 18.9. The van der Waals surface area contributed by atoms with Crippen molar-refractivity contribution in [3.63, 3.8) is 0 Å². The fraction of sp³-hybridized carbons (Fsp3) is 0.500. The van der Waals surface area contributed by atoms with Crippen LogP contribution in [0.15, 0.2) is 42.5 Å². The van der Waals surface area contributed by atoms with Crippen molar-refractivity contribution >= 4 is 33.4 Å². The number of nitrogens with one attached hydrogen (secondary N) is 1. The van der Waals surface area contributed by atoms with Crippen molar-refractivity contribution < 1.29 is 27.5 Å². The van der Waals surface area contributed by atoms with Crippen molar-refractivity contribution in [2.45, 2.75) is 70.3 Å². The lowest BCUT2D eigenvalue weighted by molar-refractivity contribution is -0.136. The minimum Gasteiger partial charge on any atom is -0.390 e. The first kappa shape index (κ1) is 34.5. The van der Waals surface area contributed by atoms with Gasteiger partial charge in [0.05, 0.1) is 24.6 Å². The maximum absolute atomic E-state index is 13.3. The summed E-state index contributed by atoms with van der Waals surface area (Å²) in [7, 11) is -3.46. The third-order valence-electron chi connectivity index (χ3n) is 9.64. The number of aliphatic hydroxyl groups excluding tert-OH is 1. The lowest BCUT2D eigenvalue weighted by Crippen LogP contribution is -2.50. The first-order chi connectivity index (χ1) is 23.0. The van der Waals surface area contributed by atoms with Crippen LogP contribution in [-0.2, 0) is 40.9 Å². The molecule has 4 heterocycles. The van der Waals surface area contributed by atoms with Gasteiger partial charge in [0, 0.05) is 92.1 Å². The molecular weight excluding hydrogens is 659 g/mol. The lowest BCUT2D eigenvalue weighted by Gasteiger charge is -2.40. The van der Waals surface area contributed by atoms with Crippen molar-refractivity contribution in [2.75, 3.05) is 39.0 Å². The summed E-state index contributed by atoms with van der Waals surface area (Å²) in [5.74, 6) is -0.547. The van der Waals surface area contributed by atoms with Gasteiger partial charge >= 0.3 is 0 Å². The first-order valence-corrected chi connectivity index (χ1v) is 18.7. The molecule has 1 atom stereocenters. The largest absolute Gasteiger partial charge is 0.390 e. The number of rotatable bonds is 10. The monoisotopic (exact) mass is 700 g/mol. The van der Waals surface area contributed by atoms with Gasteiger partial charge in [0.2, 0.25) is 15.9 Å². The van der Waals surface area contributed by atoms with Gasteiger partial charge in [-0.1, -0.05) is 17.7 Å². The molecule has 48 heavy (non-hydrogen) atoms. The number of sulfonamides is 1. The van der Waals surface area contributed by atoms with Crippen LogP contribution in [0.3, 0.4) is 0 Å². The Bertz CT molecular complexity index is 1760. The van der Waals surface area contributed by atoms with Crippen molar-refractivity contribution in [1.29, 1.82) is 0 Å². The molecule has 0 bridgehead atoms. The van der Waals surface area contributed by atoms with E-state index in [-0.39, 0.29) is 37.5 Å². The van der Waals surface area contributed by atoms with Crippen LogP contribution in [0.2, 0.25) is 5.02 Å². The van der Waals surface area contributed by atoms with Crippen molar-refractivity contribution in [1.82, 2.24) is 29.2 Å². The fourth-order valence-electron chi connectivity index (χ4n) is 7.05. The molecule has 258 valence electrons. The maximum atomic E-state index is 13.3. The minimum absolute atomic E-state index is 0.114. The van der Waals surface area contributed by atoms with Crippen LogP contribution in [0.5, 0.6) is 0 Å². The van der Waals surface area contributed by atoms with E-state index in [4.69, 9.17) is 16.7 Å². The minimum atomic E-state index is -3.46. The molecule has 2 N–H and O–H groups in total. The first-order valence-electron chi connectivity index (χ1n) is 16.5. The Hall–Kier alpha value is -3.36. The van der Waals surface area contributed by atoms with Crippen LogP contribution < -0.4 is 5.32 Å². The summed E-state index contributed by atoms with van der Waals surface area (Å²) in [6.45, 7) is 3.76. The van der Waals surface area contributed by atoms with E-state index in [0.29, 0.717) is 53.3 Å². The zero-order valence-electron chi connectivity index (χ0n) is 27.1. The Kier molecular flexibility index (Phi) is 10.5. The van der Waals surface area contributed by atoms with E-state index in [0.717, 1.165) is 56.6 Å². The van der Waals surface area contributed by atoms with E-state index in [1.54, 1.807) is 10.7 Å². The van der Waals surface area contributed by atoms with Gasteiger partial charge < -0.3 is 20.2 Å². The van der Waals surface area contributed by atoms with E-state index in [1.165, 1.54) is 34.8 Å². The average Bonchev–Trinajstić information content (AvgIpc) is 3.42. The molecule has 11 nitrogen and oxygen atoms in total. The Morgan fingerprint density at radius 3 is 2.52 bits per heavy atom. The Morgan fingerprint density at radius 1 is 1.06 bits per heavy atom. The quantitative estimate of drug-likeness (QED) is 0.332. The summed E-state index contributed by atoms with van der Waals surface area (Å²) in [4.78, 5) is 29.4. The molecule has 0 aliphatic carbocycles. The molecule has 3 aromatic rings. The van der Waals surface area contributed by atoms with E-state index in [2.05, 4.69) is 15.1 Å². The molecule has 2 fully saturated rings. The van der Waals surface area contributed by atoms with Gasteiger partial charge in [-0.3, -0.25) is 14.3 Å². The molecule has 0 saturated carbocycles. The number of amides is 2. The SMILES string of the molecule is CS(=O)(=O)N1CCc2c(c(-c3ccc(Cl)c(CNC(=O)c4ccc(F)cc4)c3)nn2CC(O)CN2CCC(N3CCCCC3=O)CC2)C1. The van der Waals surface area contributed by atoms with E-state index in [9.17, 15) is 27.5 Å². The van der Waals surface area contributed by atoms with Gasteiger partial charge in [-0.15, -0.1) is 0 Å². The van der Waals surface area contributed by atoms with Crippen LogP contribution in [0.1, 0.15) is 59.3 Å². The average molecular weight is 701 g/mol. The predicted molar refractivity (Wildman–Crippen MR) is 180 cm³/mol. The van der Waals surface area contributed by atoms with Gasteiger partial charge in [-0.05, 0) is 67.6 Å². The van der Waals surface area contributed by atoms with E-state index >= 15 is 0 Å². The topological polar surface area (TPSA) is 128 Å². The standard InChI is InChI=1S/C34H42ClFN6O5S/c1-48(46,47)40-17-13-31-29(22-40)33(24-7-10-30(35)25(18-24)19-37-34(45)23-5-8-26(36)9-6-23)38-42(31)21-28(43)20-39-15-11-27(12-16-39)41-14-3-2-4-32(41)44/h5-10,18,27-28,43H,2-4,11-17,19-22H2,1H3,(H,37,45). The lowest BCUT2D eigenvalue weighted by atomic mass is 9.99. The van der Waals surface area contributed by atoms with Gasteiger partial charge in [-0.25, -0.2) is 12.8 Å². The number of β-amino-alcohol motifs (C(OH)–C–C–N with tert-alkyl or cyclic N) is 1. The fourth-order valence-corrected chi connectivity index (χ4v) is 8.02. The summed E-state index contributed by atoms with van der Waals surface area (Å²) < 4.78 is 41.6.